The highest BCUT2D eigenvalue weighted by Crippen LogP contribution is 2.37. The highest BCUT2D eigenvalue weighted by atomic mass is 32.2. The van der Waals surface area contributed by atoms with Gasteiger partial charge in [-0.25, -0.2) is 4.98 Å². The van der Waals surface area contributed by atoms with Crippen molar-refractivity contribution in [2.24, 2.45) is 0 Å². The average molecular weight is 310 g/mol. The topological polar surface area (TPSA) is 70.7 Å². The maximum atomic E-state index is 12.5. The van der Waals surface area contributed by atoms with E-state index in [2.05, 4.69) is 20.5 Å². The molecule has 0 radical (unpaired) electrons. The van der Waals surface area contributed by atoms with E-state index in [9.17, 15) is 13.6 Å². The molecule has 0 bridgehead atoms. The molecule has 21 heavy (non-hydrogen) atoms. The van der Waals surface area contributed by atoms with Gasteiger partial charge in [0.25, 0.3) is 11.7 Å². The van der Waals surface area contributed by atoms with Crippen LogP contribution in [-0.2, 0) is 0 Å². The summed E-state index contributed by atoms with van der Waals surface area (Å²) in [6.07, 6.45) is 2.09. The minimum atomic E-state index is -2.55. The van der Waals surface area contributed by atoms with Gasteiger partial charge in [0.1, 0.15) is 5.82 Å². The van der Waals surface area contributed by atoms with E-state index in [1.165, 1.54) is 6.07 Å². The summed E-state index contributed by atoms with van der Waals surface area (Å²) in [5.41, 5.74) is 0.325. The molecule has 1 heterocycles. The third-order valence-electron chi connectivity index (χ3n) is 3.02. The van der Waals surface area contributed by atoms with Crippen molar-refractivity contribution in [1.82, 2.24) is 15.2 Å². The average Bonchev–Trinajstić information content (AvgIpc) is 3.18. The number of hydrogen-bond donors (Lipinski definition) is 2. The third-order valence-corrected chi connectivity index (χ3v) is 3.81. The number of thioether (sulfide) groups is 1. The number of H-pyrrole nitrogens is 1. The Morgan fingerprint density at radius 1 is 1.38 bits per heavy atom. The van der Waals surface area contributed by atoms with Gasteiger partial charge in [0.2, 0.25) is 5.82 Å². The van der Waals surface area contributed by atoms with E-state index < -0.39 is 11.7 Å². The van der Waals surface area contributed by atoms with E-state index in [1.807, 2.05) is 0 Å². The fraction of sp³-hybridized carbons (Fsp3) is 0.308. The second-order valence-corrected chi connectivity index (χ2v) is 5.68. The fourth-order valence-corrected chi connectivity index (χ4v) is 2.46. The van der Waals surface area contributed by atoms with Crippen LogP contribution in [0.2, 0.25) is 0 Å². The van der Waals surface area contributed by atoms with Gasteiger partial charge >= 0.3 is 0 Å². The minimum Gasteiger partial charge on any atom is -0.318 e. The van der Waals surface area contributed by atoms with Gasteiger partial charge in [0, 0.05) is 10.8 Å². The summed E-state index contributed by atoms with van der Waals surface area (Å²) in [6.45, 7) is 0. The monoisotopic (exact) mass is 310 g/mol. The predicted molar refractivity (Wildman–Crippen MR) is 74.6 cm³/mol. The van der Waals surface area contributed by atoms with Gasteiger partial charge in [-0.3, -0.25) is 9.89 Å². The van der Waals surface area contributed by atoms with Crippen molar-refractivity contribution in [2.45, 2.75) is 29.4 Å². The lowest BCUT2D eigenvalue weighted by Gasteiger charge is -2.08. The fourth-order valence-electron chi connectivity index (χ4n) is 1.86. The number of carbonyl (C=O) groups excluding carboxylic acids is 1. The quantitative estimate of drug-likeness (QED) is 0.832. The van der Waals surface area contributed by atoms with Gasteiger partial charge in [-0.1, -0.05) is 23.9 Å². The lowest BCUT2D eigenvalue weighted by atomic mass is 10.3. The zero-order chi connectivity index (χ0) is 14.8. The number of alkyl halides is 2. The van der Waals surface area contributed by atoms with E-state index in [1.54, 1.807) is 18.2 Å². The highest BCUT2D eigenvalue weighted by Gasteiger charge is 2.28. The van der Waals surface area contributed by atoms with E-state index in [4.69, 9.17) is 0 Å². The summed E-state index contributed by atoms with van der Waals surface area (Å²) < 4.78 is 25.0. The van der Waals surface area contributed by atoms with E-state index in [0.29, 0.717) is 34.1 Å². The van der Waals surface area contributed by atoms with Crippen LogP contribution < -0.4 is 5.32 Å². The highest BCUT2D eigenvalue weighted by molar-refractivity contribution is 7.99. The van der Waals surface area contributed by atoms with Crippen LogP contribution in [0, 0.1) is 0 Å². The maximum absolute atomic E-state index is 12.5. The number of aromatic amines is 1. The number of carbonyl (C=O) groups is 1. The second kappa shape index (κ2) is 5.80. The van der Waals surface area contributed by atoms with Crippen LogP contribution in [0.15, 0.2) is 29.2 Å². The molecule has 1 aromatic carbocycles. The van der Waals surface area contributed by atoms with Crippen LogP contribution in [0.25, 0.3) is 0 Å². The third kappa shape index (κ3) is 3.38. The standard InChI is InChI=1S/C13H12F2N4OS/c14-13(15)21-9-4-2-1-3-8(9)16-12(20)11-17-10(18-19-11)7-5-6-7/h1-4,7,13H,5-6H2,(H,16,20)(H,17,18,19). The first-order valence-electron chi connectivity index (χ1n) is 6.41. The first kappa shape index (κ1) is 14.0. The lowest BCUT2D eigenvalue weighted by molar-refractivity contribution is 0.101. The molecule has 1 aliphatic rings. The zero-order valence-electron chi connectivity index (χ0n) is 10.8. The molecule has 1 fully saturated rings. The van der Waals surface area contributed by atoms with Crippen LogP contribution in [0.4, 0.5) is 14.5 Å². The molecule has 1 aliphatic carbocycles. The molecule has 0 spiro atoms. The Balaban J connectivity index is 1.74. The van der Waals surface area contributed by atoms with Crippen molar-refractivity contribution < 1.29 is 13.6 Å². The van der Waals surface area contributed by atoms with E-state index in [-0.39, 0.29) is 5.82 Å². The number of nitrogens with one attached hydrogen (secondary N) is 2. The number of amides is 1. The van der Waals surface area contributed by atoms with Crippen LogP contribution in [0.1, 0.15) is 35.2 Å². The molecule has 110 valence electrons. The predicted octanol–water partition coefficient (Wildman–Crippen LogP) is 3.25. The Morgan fingerprint density at radius 3 is 2.86 bits per heavy atom. The SMILES string of the molecule is O=C(Nc1ccccc1SC(F)F)c1n[nH]c(C2CC2)n1. The van der Waals surface area contributed by atoms with Crippen molar-refractivity contribution in [3.63, 3.8) is 0 Å². The second-order valence-electron chi connectivity index (χ2n) is 4.65. The summed E-state index contributed by atoms with van der Waals surface area (Å²) in [7, 11) is 0. The molecule has 0 unspecified atom stereocenters. The smallest absolute Gasteiger partial charge is 0.295 e. The molecule has 1 saturated carbocycles. The molecule has 8 heteroatoms. The van der Waals surface area contributed by atoms with Crippen LogP contribution in [0.5, 0.6) is 0 Å². The molecule has 0 saturated heterocycles. The van der Waals surface area contributed by atoms with Crippen molar-refractivity contribution in [3.05, 3.63) is 35.9 Å². The van der Waals surface area contributed by atoms with Crippen molar-refractivity contribution in [2.75, 3.05) is 5.32 Å². The zero-order valence-corrected chi connectivity index (χ0v) is 11.7. The number of anilines is 1. The number of benzene rings is 1. The molecule has 0 atom stereocenters. The van der Waals surface area contributed by atoms with Crippen LogP contribution in [-0.4, -0.2) is 26.8 Å². The van der Waals surface area contributed by atoms with Crippen molar-refractivity contribution in [1.29, 1.82) is 0 Å². The minimum absolute atomic E-state index is 0.0220. The molecular weight excluding hydrogens is 298 g/mol. The van der Waals surface area contributed by atoms with Crippen LogP contribution in [0.3, 0.4) is 0 Å². The van der Waals surface area contributed by atoms with Gasteiger partial charge in [-0.2, -0.15) is 8.78 Å². The summed E-state index contributed by atoms with van der Waals surface area (Å²) in [4.78, 5) is 16.5. The maximum Gasteiger partial charge on any atom is 0.295 e. The summed E-state index contributed by atoms with van der Waals surface area (Å²) in [5, 5.41) is 9.16. The summed E-state index contributed by atoms with van der Waals surface area (Å²) >= 11 is 0.386. The Bertz CT molecular complexity index is 657. The number of hydrogen-bond acceptors (Lipinski definition) is 4. The molecule has 2 N–H and O–H groups in total. The van der Waals surface area contributed by atoms with Gasteiger partial charge in [0.05, 0.1) is 5.69 Å². The number of para-hydroxylation sites is 1. The molecule has 0 aliphatic heterocycles. The molecule has 1 amide bonds. The number of halogens is 2. The summed E-state index contributed by atoms with van der Waals surface area (Å²) in [5.74, 6) is -1.97. The normalized spacial score (nSPS) is 14.4. The van der Waals surface area contributed by atoms with E-state index >= 15 is 0 Å². The number of aromatic nitrogens is 3. The molecule has 1 aromatic heterocycles. The first-order chi connectivity index (χ1) is 10.1. The Labute approximate surface area is 123 Å². The van der Waals surface area contributed by atoms with Crippen molar-refractivity contribution in [3.8, 4) is 0 Å². The lowest BCUT2D eigenvalue weighted by Crippen LogP contribution is -2.14. The molecule has 3 rings (SSSR count). The Kier molecular flexibility index (Phi) is 3.87. The van der Waals surface area contributed by atoms with Gasteiger partial charge in [0.15, 0.2) is 0 Å². The Hall–Kier alpha value is -1.96. The molecule has 5 nitrogen and oxygen atoms in total. The molecular formula is C13H12F2N4OS. The largest absolute Gasteiger partial charge is 0.318 e. The van der Waals surface area contributed by atoms with E-state index in [0.717, 1.165) is 12.8 Å². The Morgan fingerprint density at radius 2 is 2.14 bits per heavy atom. The van der Waals surface area contributed by atoms with Crippen molar-refractivity contribution >= 4 is 23.4 Å². The van der Waals surface area contributed by atoms with Gasteiger partial charge < -0.3 is 5.32 Å². The first-order valence-corrected chi connectivity index (χ1v) is 7.29. The molecule has 2 aromatic rings. The van der Waals surface area contributed by atoms with Gasteiger partial charge in [-0.15, -0.1) is 5.10 Å². The summed E-state index contributed by atoms with van der Waals surface area (Å²) in [6, 6.07) is 6.40. The number of rotatable bonds is 5. The van der Waals surface area contributed by atoms with Gasteiger partial charge in [-0.05, 0) is 25.0 Å². The van der Waals surface area contributed by atoms with Crippen LogP contribution >= 0.6 is 11.8 Å². The number of nitrogens with zero attached hydrogens (tertiary/aromatic N) is 2.